The average molecular weight is 386 g/mol. The summed E-state index contributed by atoms with van der Waals surface area (Å²) in [5.74, 6) is 0.557. The maximum Gasteiger partial charge on any atom is 0.253 e. The second kappa shape index (κ2) is 6.87. The summed E-state index contributed by atoms with van der Waals surface area (Å²) in [6.45, 7) is 5.16. The van der Waals surface area contributed by atoms with Crippen molar-refractivity contribution in [2.45, 2.75) is 50.9 Å². The molecule has 1 aromatic carbocycles. The molecule has 2 aromatic heterocycles. The van der Waals surface area contributed by atoms with E-state index in [1.807, 2.05) is 18.3 Å². The van der Waals surface area contributed by atoms with Crippen molar-refractivity contribution < 1.29 is 4.79 Å². The molecule has 1 spiro atoms. The van der Waals surface area contributed by atoms with Crippen molar-refractivity contribution in [1.29, 1.82) is 0 Å². The molecule has 1 amide bonds. The van der Waals surface area contributed by atoms with Crippen molar-refractivity contribution >= 4 is 5.91 Å². The molecule has 148 valence electrons. The highest BCUT2D eigenvalue weighted by molar-refractivity contribution is 5.98. The Morgan fingerprint density at radius 2 is 1.76 bits per heavy atom. The summed E-state index contributed by atoms with van der Waals surface area (Å²) in [7, 11) is 0. The summed E-state index contributed by atoms with van der Waals surface area (Å²) < 4.78 is 0. The Labute approximate surface area is 171 Å². The first-order chi connectivity index (χ1) is 14.1. The van der Waals surface area contributed by atoms with Crippen molar-refractivity contribution in [1.82, 2.24) is 15.3 Å². The van der Waals surface area contributed by atoms with E-state index in [-0.39, 0.29) is 11.3 Å². The summed E-state index contributed by atoms with van der Waals surface area (Å²) in [6, 6.07) is 14.8. The van der Waals surface area contributed by atoms with Crippen LogP contribution in [0.5, 0.6) is 0 Å². The molecule has 3 aromatic rings. The van der Waals surface area contributed by atoms with Gasteiger partial charge in [-0.15, -0.1) is 0 Å². The van der Waals surface area contributed by atoms with Crippen molar-refractivity contribution in [3.63, 3.8) is 0 Å². The van der Waals surface area contributed by atoms with Crippen LogP contribution in [0.4, 0.5) is 0 Å². The molecular formula is C25H27N3O. The molecule has 0 bridgehead atoms. The predicted molar refractivity (Wildman–Crippen MR) is 116 cm³/mol. The summed E-state index contributed by atoms with van der Waals surface area (Å²) in [5.41, 5.74) is 7.49. The SMILES string of the molecule is CC(C)c1ccc(-c2cc(-c3cc4c([nH]3)C3(CCCC3)CNC4=O)ccn2)cc1. The van der Waals surface area contributed by atoms with Crippen molar-refractivity contribution in [3.8, 4) is 22.5 Å². The first-order valence-corrected chi connectivity index (χ1v) is 10.6. The topological polar surface area (TPSA) is 57.8 Å². The molecule has 1 aliphatic carbocycles. The Morgan fingerprint density at radius 1 is 1.00 bits per heavy atom. The van der Waals surface area contributed by atoms with Gasteiger partial charge in [0.1, 0.15) is 0 Å². The lowest BCUT2D eigenvalue weighted by molar-refractivity contribution is 0.0924. The van der Waals surface area contributed by atoms with Gasteiger partial charge in [-0.05, 0) is 42.5 Å². The number of rotatable bonds is 3. The molecule has 2 aliphatic rings. The number of nitrogens with zero attached hydrogens (tertiary/aromatic N) is 1. The highest BCUT2D eigenvalue weighted by atomic mass is 16.1. The number of hydrogen-bond donors (Lipinski definition) is 2. The number of fused-ring (bicyclic) bond motifs is 2. The van der Waals surface area contributed by atoms with E-state index in [1.54, 1.807) is 0 Å². The van der Waals surface area contributed by atoms with Gasteiger partial charge >= 0.3 is 0 Å². The van der Waals surface area contributed by atoms with E-state index in [2.05, 4.69) is 59.5 Å². The quantitative estimate of drug-likeness (QED) is 0.632. The first kappa shape index (κ1) is 18.2. The van der Waals surface area contributed by atoms with Gasteiger partial charge in [0.25, 0.3) is 5.91 Å². The number of carbonyl (C=O) groups excluding carboxylic acids is 1. The monoisotopic (exact) mass is 385 g/mol. The standard InChI is InChI=1S/C25H27N3O/c1-16(2)17-5-7-18(8-6-17)21-13-19(9-12-26-21)22-14-20-23(28-22)25(10-3-4-11-25)15-27-24(20)29/h5-9,12-14,16,28H,3-4,10-11,15H2,1-2H3,(H,27,29). The van der Waals surface area contributed by atoms with E-state index < -0.39 is 0 Å². The van der Waals surface area contributed by atoms with Gasteiger partial charge in [-0.1, -0.05) is 51.0 Å². The Kier molecular flexibility index (Phi) is 4.30. The number of aromatic nitrogens is 2. The molecule has 3 heterocycles. The Bertz CT molecular complexity index is 1060. The summed E-state index contributed by atoms with van der Waals surface area (Å²) in [6.07, 6.45) is 6.60. The maximum absolute atomic E-state index is 12.5. The summed E-state index contributed by atoms with van der Waals surface area (Å²) in [4.78, 5) is 20.7. The lowest BCUT2D eigenvalue weighted by atomic mass is 9.78. The minimum Gasteiger partial charge on any atom is -0.357 e. The Balaban J connectivity index is 1.53. The number of aromatic amines is 1. The van der Waals surface area contributed by atoms with E-state index in [0.717, 1.165) is 53.2 Å². The van der Waals surface area contributed by atoms with Gasteiger partial charge in [0, 0.05) is 40.7 Å². The fourth-order valence-electron chi connectivity index (χ4n) is 4.91. The van der Waals surface area contributed by atoms with Crippen molar-refractivity contribution in [3.05, 3.63) is 65.5 Å². The van der Waals surface area contributed by atoms with E-state index in [1.165, 1.54) is 18.4 Å². The molecule has 1 aliphatic heterocycles. The van der Waals surface area contributed by atoms with Crippen LogP contribution in [0.25, 0.3) is 22.5 Å². The van der Waals surface area contributed by atoms with Gasteiger partial charge in [-0.2, -0.15) is 0 Å². The van der Waals surface area contributed by atoms with Gasteiger partial charge < -0.3 is 10.3 Å². The van der Waals surface area contributed by atoms with Crippen LogP contribution in [0.2, 0.25) is 0 Å². The predicted octanol–water partition coefficient (Wildman–Crippen LogP) is 5.42. The molecule has 0 unspecified atom stereocenters. The molecule has 0 radical (unpaired) electrons. The minimum absolute atomic E-state index is 0.0404. The second-order valence-electron chi connectivity index (χ2n) is 8.85. The van der Waals surface area contributed by atoms with E-state index in [0.29, 0.717) is 5.92 Å². The van der Waals surface area contributed by atoms with Crippen LogP contribution < -0.4 is 5.32 Å². The molecule has 2 N–H and O–H groups in total. The highest BCUT2D eigenvalue weighted by Gasteiger charge is 2.43. The number of pyridine rings is 1. The van der Waals surface area contributed by atoms with Crippen molar-refractivity contribution in [2.24, 2.45) is 0 Å². The third-order valence-corrected chi connectivity index (χ3v) is 6.68. The van der Waals surface area contributed by atoms with Gasteiger partial charge in [0.15, 0.2) is 0 Å². The van der Waals surface area contributed by atoms with E-state index >= 15 is 0 Å². The minimum atomic E-state index is 0.0404. The fourth-order valence-corrected chi connectivity index (χ4v) is 4.91. The molecule has 5 rings (SSSR count). The van der Waals surface area contributed by atoms with Gasteiger partial charge in [0.05, 0.1) is 11.3 Å². The van der Waals surface area contributed by atoms with Crippen LogP contribution in [0.3, 0.4) is 0 Å². The molecule has 1 fully saturated rings. The number of carbonyl (C=O) groups is 1. The number of amides is 1. The largest absolute Gasteiger partial charge is 0.357 e. The third-order valence-electron chi connectivity index (χ3n) is 6.68. The molecule has 4 nitrogen and oxygen atoms in total. The zero-order chi connectivity index (χ0) is 20.0. The number of nitrogens with one attached hydrogen (secondary N) is 2. The lowest BCUT2D eigenvalue weighted by Crippen LogP contribution is -2.45. The molecular weight excluding hydrogens is 358 g/mol. The smallest absolute Gasteiger partial charge is 0.253 e. The summed E-state index contributed by atoms with van der Waals surface area (Å²) >= 11 is 0. The van der Waals surface area contributed by atoms with Crippen LogP contribution in [0.15, 0.2) is 48.7 Å². The van der Waals surface area contributed by atoms with E-state index in [9.17, 15) is 4.79 Å². The lowest BCUT2D eigenvalue weighted by Gasteiger charge is -2.33. The second-order valence-corrected chi connectivity index (χ2v) is 8.85. The number of H-pyrrole nitrogens is 1. The van der Waals surface area contributed by atoms with Crippen molar-refractivity contribution in [2.75, 3.05) is 6.54 Å². The highest BCUT2D eigenvalue weighted by Crippen LogP contribution is 2.44. The normalized spacial score (nSPS) is 17.6. The van der Waals surface area contributed by atoms with Gasteiger partial charge in [-0.3, -0.25) is 9.78 Å². The van der Waals surface area contributed by atoms with E-state index in [4.69, 9.17) is 0 Å². The fraction of sp³-hybridized carbons (Fsp3) is 0.360. The molecule has 29 heavy (non-hydrogen) atoms. The molecule has 4 heteroatoms. The third kappa shape index (κ3) is 3.07. The average Bonchev–Trinajstić information content (AvgIpc) is 3.40. The summed E-state index contributed by atoms with van der Waals surface area (Å²) in [5, 5.41) is 3.12. The van der Waals surface area contributed by atoms with Gasteiger partial charge in [-0.25, -0.2) is 0 Å². The van der Waals surface area contributed by atoms with Crippen LogP contribution in [0.1, 0.15) is 67.1 Å². The molecule has 1 saturated carbocycles. The van der Waals surface area contributed by atoms with Crippen LogP contribution in [0, 0.1) is 0 Å². The number of hydrogen-bond acceptors (Lipinski definition) is 2. The van der Waals surface area contributed by atoms with Gasteiger partial charge in [0.2, 0.25) is 0 Å². The molecule has 0 saturated heterocycles. The zero-order valence-electron chi connectivity index (χ0n) is 17.1. The van der Waals surface area contributed by atoms with Crippen LogP contribution >= 0.6 is 0 Å². The Hall–Kier alpha value is -2.88. The molecule has 0 atom stereocenters. The zero-order valence-corrected chi connectivity index (χ0v) is 17.1. The maximum atomic E-state index is 12.5. The van der Waals surface area contributed by atoms with Crippen LogP contribution in [-0.4, -0.2) is 22.4 Å². The van der Waals surface area contributed by atoms with Crippen LogP contribution in [-0.2, 0) is 5.41 Å². The Morgan fingerprint density at radius 3 is 2.48 bits per heavy atom. The number of benzene rings is 1. The first-order valence-electron chi connectivity index (χ1n) is 10.6.